The molecule has 31 heavy (non-hydrogen) atoms. The zero-order valence-corrected chi connectivity index (χ0v) is 19.1. The lowest BCUT2D eigenvalue weighted by Crippen LogP contribution is -2.26. The van der Waals surface area contributed by atoms with Crippen LogP contribution in [0.15, 0.2) is 65.8 Å². The van der Waals surface area contributed by atoms with Crippen LogP contribution in [0.25, 0.3) is 0 Å². The van der Waals surface area contributed by atoms with Gasteiger partial charge in [-0.1, -0.05) is 44.5 Å². The number of nitrogens with one attached hydrogen (secondary N) is 1. The van der Waals surface area contributed by atoms with Crippen molar-refractivity contribution in [2.75, 3.05) is 16.7 Å². The van der Waals surface area contributed by atoms with Gasteiger partial charge >= 0.3 is 0 Å². The van der Waals surface area contributed by atoms with E-state index in [4.69, 9.17) is 0 Å². The minimum atomic E-state index is -3.83. The monoisotopic (exact) mass is 438 g/mol. The zero-order valence-electron chi connectivity index (χ0n) is 18.2. The Kier molecular flexibility index (Phi) is 6.13. The van der Waals surface area contributed by atoms with E-state index in [0.29, 0.717) is 17.2 Å². The SMILES string of the molecule is Cc1ccc(N(C)S(=O)(=O)c2cccc(C(=O)Nc3cnc(C(C)(C)C)nc3)c2)cc1. The van der Waals surface area contributed by atoms with Crippen LogP contribution in [0.3, 0.4) is 0 Å². The highest BCUT2D eigenvalue weighted by atomic mass is 32.2. The number of benzene rings is 2. The van der Waals surface area contributed by atoms with Gasteiger partial charge in [0.1, 0.15) is 5.82 Å². The predicted molar refractivity (Wildman–Crippen MR) is 122 cm³/mol. The molecule has 7 nitrogen and oxygen atoms in total. The first kappa shape index (κ1) is 22.4. The molecule has 0 saturated carbocycles. The van der Waals surface area contributed by atoms with Gasteiger partial charge in [0.25, 0.3) is 15.9 Å². The maximum Gasteiger partial charge on any atom is 0.264 e. The van der Waals surface area contributed by atoms with Crippen molar-refractivity contribution in [3.05, 3.63) is 77.9 Å². The van der Waals surface area contributed by atoms with Gasteiger partial charge in [0.2, 0.25) is 0 Å². The first-order valence-electron chi connectivity index (χ1n) is 9.78. The molecule has 0 spiro atoms. The second kappa shape index (κ2) is 8.47. The topological polar surface area (TPSA) is 92.3 Å². The van der Waals surface area contributed by atoms with Gasteiger partial charge in [-0.3, -0.25) is 9.10 Å². The number of carbonyl (C=O) groups is 1. The molecule has 0 fully saturated rings. The van der Waals surface area contributed by atoms with Gasteiger partial charge in [-0.15, -0.1) is 0 Å². The van der Waals surface area contributed by atoms with Crippen molar-refractivity contribution in [3.8, 4) is 0 Å². The van der Waals surface area contributed by atoms with E-state index in [9.17, 15) is 13.2 Å². The Morgan fingerprint density at radius 1 is 1.00 bits per heavy atom. The fourth-order valence-corrected chi connectivity index (χ4v) is 4.07. The second-order valence-corrected chi connectivity index (χ2v) is 10.3. The number of nitrogens with zero attached hydrogens (tertiary/aromatic N) is 3. The highest BCUT2D eigenvalue weighted by molar-refractivity contribution is 7.92. The van der Waals surface area contributed by atoms with Crippen molar-refractivity contribution in [2.45, 2.75) is 38.0 Å². The summed E-state index contributed by atoms with van der Waals surface area (Å²) in [7, 11) is -2.34. The first-order valence-corrected chi connectivity index (χ1v) is 11.2. The normalized spacial score (nSPS) is 11.8. The Bertz CT molecular complexity index is 1180. The van der Waals surface area contributed by atoms with Gasteiger partial charge in [0, 0.05) is 18.0 Å². The molecule has 0 aliphatic rings. The molecule has 0 atom stereocenters. The highest BCUT2D eigenvalue weighted by Gasteiger charge is 2.23. The summed E-state index contributed by atoms with van der Waals surface area (Å²) in [5, 5.41) is 2.71. The van der Waals surface area contributed by atoms with Crippen LogP contribution in [-0.2, 0) is 15.4 Å². The fourth-order valence-electron chi connectivity index (χ4n) is 2.83. The number of aryl methyl sites for hydroxylation is 1. The molecule has 0 bridgehead atoms. The number of sulfonamides is 1. The van der Waals surface area contributed by atoms with Gasteiger partial charge in [0.05, 0.1) is 28.7 Å². The van der Waals surface area contributed by atoms with Crippen LogP contribution in [0, 0.1) is 6.92 Å². The van der Waals surface area contributed by atoms with E-state index >= 15 is 0 Å². The van der Waals surface area contributed by atoms with E-state index in [-0.39, 0.29) is 15.9 Å². The summed E-state index contributed by atoms with van der Waals surface area (Å²) in [4.78, 5) is 21.3. The number of hydrogen-bond donors (Lipinski definition) is 1. The maximum atomic E-state index is 13.1. The molecule has 3 rings (SSSR count). The zero-order chi connectivity index (χ0) is 22.8. The number of rotatable bonds is 5. The number of amides is 1. The second-order valence-electron chi connectivity index (χ2n) is 8.34. The molecular weight excluding hydrogens is 412 g/mol. The Hall–Kier alpha value is -3.26. The number of anilines is 2. The molecule has 162 valence electrons. The molecule has 0 saturated heterocycles. The molecule has 8 heteroatoms. The molecule has 1 heterocycles. The lowest BCUT2D eigenvalue weighted by atomic mass is 9.96. The average Bonchev–Trinajstić information content (AvgIpc) is 2.73. The molecule has 0 unspecified atom stereocenters. The lowest BCUT2D eigenvalue weighted by Gasteiger charge is -2.20. The minimum absolute atomic E-state index is 0.0301. The molecule has 1 aromatic heterocycles. The molecular formula is C23H26N4O3S. The molecule has 3 aromatic rings. The highest BCUT2D eigenvalue weighted by Crippen LogP contribution is 2.23. The Labute approximate surface area is 183 Å². The third-order valence-electron chi connectivity index (χ3n) is 4.73. The molecule has 2 aromatic carbocycles. The minimum Gasteiger partial charge on any atom is -0.319 e. The summed E-state index contributed by atoms with van der Waals surface area (Å²) in [5.41, 5.74) is 2.03. The van der Waals surface area contributed by atoms with Crippen LogP contribution in [0.2, 0.25) is 0 Å². The molecule has 0 radical (unpaired) electrons. The Morgan fingerprint density at radius 3 is 2.19 bits per heavy atom. The molecule has 0 aliphatic carbocycles. The van der Waals surface area contributed by atoms with Crippen LogP contribution in [0.4, 0.5) is 11.4 Å². The van der Waals surface area contributed by atoms with Crippen molar-refractivity contribution in [3.63, 3.8) is 0 Å². The smallest absolute Gasteiger partial charge is 0.264 e. The predicted octanol–water partition coefficient (Wildman–Crippen LogP) is 4.16. The van der Waals surface area contributed by atoms with Crippen molar-refractivity contribution in [2.24, 2.45) is 0 Å². The third kappa shape index (κ3) is 5.08. The summed E-state index contributed by atoms with van der Waals surface area (Å²) >= 11 is 0. The van der Waals surface area contributed by atoms with Gasteiger partial charge in [-0.25, -0.2) is 18.4 Å². The summed E-state index contributed by atoms with van der Waals surface area (Å²) in [6.07, 6.45) is 3.08. The summed E-state index contributed by atoms with van der Waals surface area (Å²) in [5.74, 6) is 0.222. The van der Waals surface area contributed by atoms with Crippen molar-refractivity contribution < 1.29 is 13.2 Å². The number of hydrogen-bond acceptors (Lipinski definition) is 5. The van der Waals surface area contributed by atoms with E-state index in [1.807, 2.05) is 39.8 Å². The Morgan fingerprint density at radius 2 is 1.61 bits per heavy atom. The maximum absolute atomic E-state index is 13.1. The van der Waals surface area contributed by atoms with Crippen molar-refractivity contribution >= 4 is 27.3 Å². The Balaban J connectivity index is 1.82. The third-order valence-corrected chi connectivity index (χ3v) is 6.51. The fraction of sp³-hybridized carbons (Fsp3) is 0.261. The lowest BCUT2D eigenvalue weighted by molar-refractivity contribution is 0.102. The van der Waals surface area contributed by atoms with Crippen LogP contribution in [-0.4, -0.2) is 31.3 Å². The first-order chi connectivity index (χ1) is 14.5. The quantitative estimate of drug-likeness (QED) is 0.646. The largest absolute Gasteiger partial charge is 0.319 e. The van der Waals surface area contributed by atoms with Crippen LogP contribution in [0.1, 0.15) is 42.5 Å². The van der Waals surface area contributed by atoms with Crippen molar-refractivity contribution in [1.29, 1.82) is 0 Å². The van der Waals surface area contributed by atoms with Gasteiger partial charge in [-0.2, -0.15) is 0 Å². The summed E-state index contributed by atoms with van der Waals surface area (Å²) in [6.45, 7) is 7.93. The average molecular weight is 439 g/mol. The van der Waals surface area contributed by atoms with E-state index in [1.165, 1.54) is 35.9 Å². The van der Waals surface area contributed by atoms with Crippen LogP contribution < -0.4 is 9.62 Å². The van der Waals surface area contributed by atoms with Crippen LogP contribution in [0.5, 0.6) is 0 Å². The van der Waals surface area contributed by atoms with Gasteiger partial charge in [0.15, 0.2) is 0 Å². The standard InChI is InChI=1S/C23H26N4O3S/c1-16-9-11-19(12-10-16)27(5)31(29,30)20-8-6-7-17(13-20)21(28)26-18-14-24-22(25-15-18)23(2,3)4/h6-15H,1-5H3,(H,26,28). The molecule has 1 N–H and O–H groups in total. The van der Waals surface area contributed by atoms with Gasteiger partial charge in [-0.05, 0) is 37.3 Å². The van der Waals surface area contributed by atoms with E-state index < -0.39 is 15.9 Å². The summed E-state index contributed by atoms with van der Waals surface area (Å²) in [6, 6.07) is 13.1. The molecule has 0 aliphatic heterocycles. The number of aromatic nitrogens is 2. The van der Waals surface area contributed by atoms with Crippen molar-refractivity contribution in [1.82, 2.24) is 9.97 Å². The van der Waals surface area contributed by atoms with E-state index in [0.717, 1.165) is 5.56 Å². The van der Waals surface area contributed by atoms with Crippen LogP contribution >= 0.6 is 0 Å². The number of carbonyl (C=O) groups excluding carboxylic acids is 1. The van der Waals surface area contributed by atoms with Gasteiger partial charge < -0.3 is 5.32 Å². The summed E-state index contributed by atoms with van der Waals surface area (Å²) < 4.78 is 27.3. The van der Waals surface area contributed by atoms with E-state index in [1.54, 1.807) is 24.3 Å². The molecule has 1 amide bonds. The van der Waals surface area contributed by atoms with E-state index in [2.05, 4.69) is 15.3 Å².